The summed E-state index contributed by atoms with van der Waals surface area (Å²) in [4.78, 5) is 0. The van der Waals surface area contributed by atoms with E-state index in [2.05, 4.69) is 21.2 Å². The van der Waals surface area contributed by atoms with Gasteiger partial charge in [0, 0.05) is 19.8 Å². The molecule has 0 spiro atoms. The molecule has 1 heterocycles. The minimum Gasteiger partial charge on any atom is -0.490 e. The summed E-state index contributed by atoms with van der Waals surface area (Å²) in [5.74, 6) is 1.43. The van der Waals surface area contributed by atoms with Gasteiger partial charge in [0.2, 0.25) is 0 Å². The number of nitrogens with one attached hydrogen (secondary N) is 1. The van der Waals surface area contributed by atoms with Gasteiger partial charge in [0.25, 0.3) is 0 Å². The number of hydrogen-bond donors (Lipinski definition) is 2. The fraction of sp³-hybridized carbons (Fsp3) is 0.600. The van der Waals surface area contributed by atoms with Crippen molar-refractivity contribution in [1.82, 2.24) is 5.32 Å². The summed E-state index contributed by atoms with van der Waals surface area (Å²) >= 11 is 3.42. The van der Waals surface area contributed by atoms with Crippen LogP contribution in [0.15, 0.2) is 28.7 Å². The molecule has 112 valence electrons. The van der Waals surface area contributed by atoms with E-state index in [0.717, 1.165) is 42.8 Å². The smallest absolute Gasteiger partial charge is 0.133 e. The van der Waals surface area contributed by atoms with Gasteiger partial charge < -0.3 is 19.9 Å². The van der Waals surface area contributed by atoms with Crippen LogP contribution in [0.5, 0.6) is 5.75 Å². The van der Waals surface area contributed by atoms with Gasteiger partial charge in [-0.15, -0.1) is 0 Å². The van der Waals surface area contributed by atoms with Crippen LogP contribution in [-0.2, 0) is 4.74 Å². The number of aliphatic hydroxyl groups is 1. The van der Waals surface area contributed by atoms with Crippen molar-refractivity contribution >= 4 is 15.9 Å². The number of para-hydroxylation sites is 1. The van der Waals surface area contributed by atoms with Crippen molar-refractivity contribution < 1.29 is 14.6 Å². The highest BCUT2D eigenvalue weighted by molar-refractivity contribution is 9.10. The van der Waals surface area contributed by atoms with Crippen LogP contribution in [0.1, 0.15) is 12.8 Å². The van der Waals surface area contributed by atoms with E-state index < -0.39 is 6.10 Å². The molecule has 1 aliphatic rings. The lowest BCUT2D eigenvalue weighted by atomic mass is 10.0. The van der Waals surface area contributed by atoms with E-state index in [0.29, 0.717) is 19.1 Å². The third kappa shape index (κ3) is 5.40. The van der Waals surface area contributed by atoms with E-state index in [4.69, 9.17) is 9.47 Å². The molecule has 1 saturated heterocycles. The first-order chi connectivity index (χ1) is 9.75. The normalized spacial score (nSPS) is 17.9. The van der Waals surface area contributed by atoms with Crippen LogP contribution in [-0.4, -0.2) is 44.1 Å². The molecule has 5 heteroatoms. The molecule has 0 aromatic heterocycles. The summed E-state index contributed by atoms with van der Waals surface area (Å²) in [6.45, 7) is 3.51. The van der Waals surface area contributed by atoms with Crippen LogP contribution in [0.3, 0.4) is 0 Å². The first-order valence-electron chi connectivity index (χ1n) is 7.09. The molecule has 0 aliphatic carbocycles. The Morgan fingerprint density at radius 1 is 1.35 bits per heavy atom. The van der Waals surface area contributed by atoms with E-state index >= 15 is 0 Å². The second-order valence-corrected chi connectivity index (χ2v) is 5.96. The second-order valence-electron chi connectivity index (χ2n) is 5.11. The van der Waals surface area contributed by atoms with E-state index in [1.165, 1.54) is 0 Å². The minimum absolute atomic E-state index is 0.295. The van der Waals surface area contributed by atoms with Gasteiger partial charge in [-0.25, -0.2) is 0 Å². The van der Waals surface area contributed by atoms with Crippen molar-refractivity contribution in [1.29, 1.82) is 0 Å². The molecule has 0 amide bonds. The molecule has 0 bridgehead atoms. The molecular weight excluding hydrogens is 322 g/mol. The van der Waals surface area contributed by atoms with Gasteiger partial charge in [-0.2, -0.15) is 0 Å². The Morgan fingerprint density at radius 3 is 2.85 bits per heavy atom. The van der Waals surface area contributed by atoms with E-state index in [9.17, 15) is 5.11 Å². The predicted octanol–water partition coefficient (Wildman–Crippen LogP) is 2.21. The number of hydrogen-bond acceptors (Lipinski definition) is 4. The largest absolute Gasteiger partial charge is 0.490 e. The SMILES string of the molecule is OC(CNCC1CCOCC1)COc1ccccc1Br. The predicted molar refractivity (Wildman–Crippen MR) is 82.1 cm³/mol. The number of halogens is 1. The molecule has 1 atom stereocenters. The standard InChI is InChI=1S/C15H22BrNO3/c16-14-3-1-2-4-15(14)20-11-13(18)10-17-9-12-5-7-19-8-6-12/h1-4,12-13,17-18H,5-11H2. The number of rotatable bonds is 7. The third-order valence-electron chi connectivity index (χ3n) is 3.42. The molecule has 2 rings (SSSR count). The van der Waals surface area contributed by atoms with E-state index in [1.807, 2.05) is 24.3 Å². The zero-order valence-corrected chi connectivity index (χ0v) is 13.1. The molecule has 4 nitrogen and oxygen atoms in total. The van der Waals surface area contributed by atoms with Crippen molar-refractivity contribution in [2.75, 3.05) is 32.9 Å². The van der Waals surface area contributed by atoms with Crippen LogP contribution < -0.4 is 10.1 Å². The highest BCUT2D eigenvalue weighted by Crippen LogP contribution is 2.23. The zero-order chi connectivity index (χ0) is 14.2. The van der Waals surface area contributed by atoms with E-state index in [1.54, 1.807) is 0 Å². The second kappa shape index (κ2) is 8.62. The van der Waals surface area contributed by atoms with Gasteiger partial charge in [-0.05, 0) is 53.4 Å². The van der Waals surface area contributed by atoms with Crippen molar-refractivity contribution in [2.45, 2.75) is 18.9 Å². The minimum atomic E-state index is -0.498. The monoisotopic (exact) mass is 343 g/mol. The summed E-state index contributed by atoms with van der Waals surface area (Å²) in [7, 11) is 0. The molecule has 2 N–H and O–H groups in total. The highest BCUT2D eigenvalue weighted by atomic mass is 79.9. The summed E-state index contributed by atoms with van der Waals surface area (Å²) in [6.07, 6.45) is 1.72. The first kappa shape index (κ1) is 15.8. The lowest BCUT2D eigenvalue weighted by Gasteiger charge is -2.23. The fourth-order valence-corrected chi connectivity index (χ4v) is 2.61. The highest BCUT2D eigenvalue weighted by Gasteiger charge is 2.14. The van der Waals surface area contributed by atoms with Crippen LogP contribution in [0.25, 0.3) is 0 Å². The molecule has 1 aromatic carbocycles. The Bertz CT molecular complexity index is 396. The quantitative estimate of drug-likeness (QED) is 0.796. The maximum absolute atomic E-state index is 9.90. The number of ether oxygens (including phenoxy) is 2. The Hall–Kier alpha value is -0.620. The summed E-state index contributed by atoms with van der Waals surface area (Å²) in [6, 6.07) is 7.65. The third-order valence-corrected chi connectivity index (χ3v) is 4.08. The average Bonchev–Trinajstić information content (AvgIpc) is 2.47. The fourth-order valence-electron chi connectivity index (χ4n) is 2.21. The van der Waals surface area contributed by atoms with Crippen LogP contribution in [0.2, 0.25) is 0 Å². The Morgan fingerprint density at radius 2 is 2.10 bits per heavy atom. The van der Waals surface area contributed by atoms with Gasteiger partial charge in [0.05, 0.1) is 4.47 Å². The summed E-state index contributed by atoms with van der Waals surface area (Å²) in [5.41, 5.74) is 0. The lowest BCUT2D eigenvalue weighted by molar-refractivity contribution is 0.0630. The van der Waals surface area contributed by atoms with Crippen LogP contribution >= 0.6 is 15.9 Å². The topological polar surface area (TPSA) is 50.7 Å². The Kier molecular flexibility index (Phi) is 6.79. The van der Waals surface area contributed by atoms with Gasteiger partial charge in [-0.1, -0.05) is 12.1 Å². The van der Waals surface area contributed by atoms with Gasteiger partial charge in [-0.3, -0.25) is 0 Å². The lowest BCUT2D eigenvalue weighted by Crippen LogP contribution is -2.35. The van der Waals surface area contributed by atoms with Gasteiger partial charge in [0.1, 0.15) is 18.5 Å². The number of benzene rings is 1. The van der Waals surface area contributed by atoms with E-state index in [-0.39, 0.29) is 0 Å². The molecule has 1 aromatic rings. The van der Waals surface area contributed by atoms with Crippen molar-refractivity contribution in [3.05, 3.63) is 28.7 Å². The van der Waals surface area contributed by atoms with Gasteiger partial charge >= 0.3 is 0 Å². The zero-order valence-electron chi connectivity index (χ0n) is 11.6. The van der Waals surface area contributed by atoms with Gasteiger partial charge in [0.15, 0.2) is 0 Å². The molecule has 1 unspecified atom stereocenters. The summed E-state index contributed by atoms with van der Waals surface area (Å²) in [5, 5.41) is 13.2. The number of aliphatic hydroxyl groups excluding tert-OH is 1. The first-order valence-corrected chi connectivity index (χ1v) is 7.89. The maximum Gasteiger partial charge on any atom is 0.133 e. The molecule has 1 aliphatic heterocycles. The molecule has 20 heavy (non-hydrogen) atoms. The molecule has 0 radical (unpaired) electrons. The van der Waals surface area contributed by atoms with Crippen molar-refractivity contribution in [3.63, 3.8) is 0 Å². The van der Waals surface area contributed by atoms with Crippen LogP contribution in [0.4, 0.5) is 0 Å². The molecule has 0 saturated carbocycles. The van der Waals surface area contributed by atoms with Crippen molar-refractivity contribution in [2.24, 2.45) is 5.92 Å². The average molecular weight is 344 g/mol. The van der Waals surface area contributed by atoms with Crippen molar-refractivity contribution in [3.8, 4) is 5.75 Å². The maximum atomic E-state index is 9.90. The molecule has 1 fully saturated rings. The Balaban J connectivity index is 1.60. The molecular formula is C15H22BrNO3. The van der Waals surface area contributed by atoms with Crippen LogP contribution in [0, 0.1) is 5.92 Å². The summed E-state index contributed by atoms with van der Waals surface area (Å²) < 4.78 is 11.8. The Labute approximate surface area is 128 Å².